The van der Waals surface area contributed by atoms with Crippen molar-refractivity contribution in [3.8, 4) is 11.3 Å². The van der Waals surface area contributed by atoms with Crippen LogP contribution in [-0.4, -0.2) is 6.04 Å². The Labute approximate surface area is 138 Å². The summed E-state index contributed by atoms with van der Waals surface area (Å²) >= 11 is 8.46. The van der Waals surface area contributed by atoms with Crippen molar-refractivity contribution in [3.63, 3.8) is 0 Å². The van der Waals surface area contributed by atoms with Crippen molar-refractivity contribution in [3.05, 3.63) is 44.7 Å². The Balaban J connectivity index is 0.00000180. The Morgan fingerprint density at radius 2 is 2.00 bits per heavy atom. The molecule has 0 spiro atoms. The first-order valence-corrected chi connectivity index (χ1v) is 7.29. The summed E-state index contributed by atoms with van der Waals surface area (Å²) in [7, 11) is 0. The van der Waals surface area contributed by atoms with Crippen LogP contribution >= 0.6 is 46.6 Å². The van der Waals surface area contributed by atoms with Crippen molar-refractivity contribution < 1.29 is 4.42 Å². The van der Waals surface area contributed by atoms with E-state index in [1.807, 2.05) is 30.3 Å². The standard InChI is InChI=1S/C14H15ClINO.ClH/c1-9(2)17-8-11-4-6-14(18-11)12-5-3-10(16)7-13(12)15;/h3-7,9,17H,8H2,1-2H3;1H. The maximum absolute atomic E-state index is 6.22. The van der Waals surface area contributed by atoms with Gasteiger partial charge in [0.05, 0.1) is 11.6 Å². The van der Waals surface area contributed by atoms with Gasteiger partial charge in [-0.1, -0.05) is 25.4 Å². The molecular formula is C14H16Cl2INO. The van der Waals surface area contributed by atoms with Crippen LogP contribution in [0.3, 0.4) is 0 Å². The summed E-state index contributed by atoms with van der Waals surface area (Å²) in [5, 5.41) is 4.04. The van der Waals surface area contributed by atoms with Crippen LogP contribution in [0.4, 0.5) is 0 Å². The van der Waals surface area contributed by atoms with E-state index in [0.717, 1.165) is 32.2 Å². The molecule has 19 heavy (non-hydrogen) atoms. The quantitative estimate of drug-likeness (QED) is 0.706. The molecule has 0 aliphatic heterocycles. The molecule has 1 heterocycles. The van der Waals surface area contributed by atoms with Crippen LogP contribution in [0.5, 0.6) is 0 Å². The number of hydrogen-bond acceptors (Lipinski definition) is 2. The molecule has 0 atom stereocenters. The van der Waals surface area contributed by atoms with Gasteiger partial charge in [0.2, 0.25) is 0 Å². The fourth-order valence-electron chi connectivity index (χ4n) is 1.61. The summed E-state index contributed by atoms with van der Waals surface area (Å²) in [6.07, 6.45) is 0. The second-order valence-electron chi connectivity index (χ2n) is 4.43. The third-order valence-electron chi connectivity index (χ3n) is 2.54. The highest BCUT2D eigenvalue weighted by Gasteiger charge is 2.09. The molecule has 0 amide bonds. The van der Waals surface area contributed by atoms with Crippen molar-refractivity contribution in [2.45, 2.75) is 26.4 Å². The zero-order valence-electron chi connectivity index (χ0n) is 10.7. The van der Waals surface area contributed by atoms with Crippen molar-refractivity contribution >= 4 is 46.6 Å². The van der Waals surface area contributed by atoms with Gasteiger partial charge in [0, 0.05) is 15.2 Å². The minimum Gasteiger partial charge on any atom is -0.460 e. The maximum atomic E-state index is 6.22. The molecule has 0 radical (unpaired) electrons. The zero-order chi connectivity index (χ0) is 13.1. The number of halogens is 3. The number of benzene rings is 1. The van der Waals surface area contributed by atoms with Crippen molar-refractivity contribution in [2.75, 3.05) is 0 Å². The van der Waals surface area contributed by atoms with Crippen molar-refractivity contribution in [2.24, 2.45) is 0 Å². The second kappa shape index (κ2) is 7.53. The van der Waals surface area contributed by atoms with Crippen LogP contribution in [0.2, 0.25) is 5.02 Å². The first kappa shape index (κ1) is 16.8. The van der Waals surface area contributed by atoms with Gasteiger partial charge in [0.15, 0.2) is 0 Å². The molecule has 0 aliphatic rings. The molecule has 5 heteroatoms. The highest BCUT2D eigenvalue weighted by atomic mass is 127. The van der Waals surface area contributed by atoms with Crippen LogP contribution in [0, 0.1) is 3.57 Å². The molecule has 0 unspecified atom stereocenters. The lowest BCUT2D eigenvalue weighted by atomic mass is 10.2. The van der Waals surface area contributed by atoms with Gasteiger partial charge in [0.1, 0.15) is 11.5 Å². The van der Waals surface area contributed by atoms with Crippen LogP contribution in [0.15, 0.2) is 34.7 Å². The van der Waals surface area contributed by atoms with Gasteiger partial charge in [-0.3, -0.25) is 0 Å². The SMILES string of the molecule is CC(C)NCc1ccc(-c2ccc(I)cc2Cl)o1.Cl. The Morgan fingerprint density at radius 1 is 1.26 bits per heavy atom. The average molecular weight is 412 g/mol. The lowest BCUT2D eigenvalue weighted by molar-refractivity contribution is 0.473. The molecule has 1 aromatic carbocycles. The summed E-state index contributed by atoms with van der Waals surface area (Å²) in [5.74, 6) is 1.74. The van der Waals surface area contributed by atoms with Crippen LogP contribution < -0.4 is 5.32 Å². The molecule has 2 nitrogen and oxygen atoms in total. The zero-order valence-corrected chi connectivity index (χ0v) is 14.5. The van der Waals surface area contributed by atoms with E-state index >= 15 is 0 Å². The van der Waals surface area contributed by atoms with Gasteiger partial charge in [-0.2, -0.15) is 0 Å². The summed E-state index contributed by atoms with van der Waals surface area (Å²) in [5.41, 5.74) is 0.938. The molecule has 1 N–H and O–H groups in total. The van der Waals surface area contributed by atoms with Gasteiger partial charge < -0.3 is 9.73 Å². The maximum Gasteiger partial charge on any atom is 0.135 e. The van der Waals surface area contributed by atoms with Gasteiger partial charge in [-0.05, 0) is 52.9 Å². The number of hydrogen-bond donors (Lipinski definition) is 1. The van der Waals surface area contributed by atoms with E-state index in [1.165, 1.54) is 0 Å². The van der Waals surface area contributed by atoms with E-state index in [9.17, 15) is 0 Å². The first-order chi connectivity index (χ1) is 8.56. The molecule has 2 aromatic rings. The fourth-order valence-corrected chi connectivity index (χ4v) is 2.56. The van der Waals surface area contributed by atoms with Gasteiger partial charge >= 0.3 is 0 Å². The van der Waals surface area contributed by atoms with E-state index in [-0.39, 0.29) is 12.4 Å². The summed E-state index contributed by atoms with van der Waals surface area (Å²) in [4.78, 5) is 0. The van der Waals surface area contributed by atoms with E-state index in [0.29, 0.717) is 6.04 Å². The van der Waals surface area contributed by atoms with Crippen LogP contribution in [0.25, 0.3) is 11.3 Å². The predicted octanol–water partition coefficient (Wildman–Crippen LogP) is 5.12. The van der Waals surface area contributed by atoms with Gasteiger partial charge in [0.25, 0.3) is 0 Å². The lowest BCUT2D eigenvalue weighted by Crippen LogP contribution is -2.21. The highest BCUT2D eigenvalue weighted by molar-refractivity contribution is 14.1. The monoisotopic (exact) mass is 411 g/mol. The van der Waals surface area contributed by atoms with E-state index < -0.39 is 0 Å². The molecule has 0 fully saturated rings. The Morgan fingerprint density at radius 3 is 2.63 bits per heavy atom. The van der Waals surface area contributed by atoms with Crippen LogP contribution in [0.1, 0.15) is 19.6 Å². The van der Waals surface area contributed by atoms with Crippen molar-refractivity contribution in [1.82, 2.24) is 5.32 Å². The normalized spacial score (nSPS) is 10.6. The Kier molecular flexibility index (Phi) is 6.66. The topological polar surface area (TPSA) is 25.2 Å². The molecule has 1 aromatic heterocycles. The van der Waals surface area contributed by atoms with Gasteiger partial charge in [-0.15, -0.1) is 12.4 Å². The minimum atomic E-state index is 0. The summed E-state index contributed by atoms with van der Waals surface area (Å²) in [6.45, 7) is 4.96. The van der Waals surface area contributed by atoms with Crippen molar-refractivity contribution in [1.29, 1.82) is 0 Å². The Hall–Kier alpha value is -0.230. The molecule has 0 aliphatic carbocycles. The average Bonchev–Trinajstić information content (AvgIpc) is 2.75. The number of rotatable bonds is 4. The van der Waals surface area contributed by atoms with Crippen LogP contribution in [-0.2, 0) is 6.54 Å². The number of nitrogens with one attached hydrogen (secondary N) is 1. The molecular weight excluding hydrogens is 396 g/mol. The molecule has 2 rings (SSSR count). The van der Waals surface area contributed by atoms with E-state index in [1.54, 1.807) is 0 Å². The largest absolute Gasteiger partial charge is 0.460 e. The minimum absolute atomic E-state index is 0. The fraction of sp³-hybridized carbons (Fsp3) is 0.286. The van der Waals surface area contributed by atoms with Gasteiger partial charge in [-0.25, -0.2) is 0 Å². The lowest BCUT2D eigenvalue weighted by Gasteiger charge is -2.05. The molecule has 0 saturated carbocycles. The molecule has 104 valence electrons. The summed E-state index contributed by atoms with van der Waals surface area (Å²) < 4.78 is 6.91. The third kappa shape index (κ3) is 4.67. The number of furan rings is 1. The van der Waals surface area contributed by atoms with E-state index in [2.05, 4.69) is 41.8 Å². The Bertz CT molecular complexity index is 540. The first-order valence-electron chi connectivity index (χ1n) is 5.84. The predicted molar refractivity (Wildman–Crippen MR) is 91.1 cm³/mol. The highest BCUT2D eigenvalue weighted by Crippen LogP contribution is 2.30. The third-order valence-corrected chi connectivity index (χ3v) is 3.53. The molecule has 0 bridgehead atoms. The smallest absolute Gasteiger partial charge is 0.135 e. The molecule has 0 saturated heterocycles. The van der Waals surface area contributed by atoms with E-state index in [4.69, 9.17) is 16.0 Å². The summed E-state index contributed by atoms with van der Waals surface area (Å²) in [6, 6.07) is 10.3. The second-order valence-corrected chi connectivity index (χ2v) is 6.08.